The molecule has 0 spiro atoms. The molecular weight excluding hydrogens is 150 g/mol. The normalized spacial score (nSPS) is 34.6. The molecule has 12 heavy (non-hydrogen) atoms. The van der Waals surface area contributed by atoms with E-state index in [4.69, 9.17) is 0 Å². The molecule has 2 saturated heterocycles. The Morgan fingerprint density at radius 1 is 1.67 bits per heavy atom. The summed E-state index contributed by atoms with van der Waals surface area (Å²) in [6, 6.07) is 0. The van der Waals surface area contributed by atoms with Gasteiger partial charge in [-0.25, -0.2) is 0 Å². The van der Waals surface area contributed by atoms with Crippen LogP contribution in [0.1, 0.15) is 32.6 Å². The third-order valence-corrected chi connectivity index (χ3v) is 3.30. The van der Waals surface area contributed by atoms with E-state index in [1.807, 2.05) is 4.90 Å². The van der Waals surface area contributed by atoms with Gasteiger partial charge in [0.15, 0.2) is 0 Å². The Kier molecular flexibility index (Phi) is 1.53. The Hall–Kier alpha value is -0.790. The fourth-order valence-electron chi connectivity index (χ4n) is 2.55. The minimum absolute atomic E-state index is 0.175. The van der Waals surface area contributed by atoms with Crippen LogP contribution in [-0.4, -0.2) is 22.9 Å². The monoisotopic (exact) mass is 165 g/mol. The number of amides is 1. The Balaban J connectivity index is 2.30. The minimum Gasteiger partial charge on any atom is -0.333 e. The van der Waals surface area contributed by atoms with Crippen molar-refractivity contribution in [3.05, 3.63) is 12.2 Å². The molecule has 0 aromatic heterocycles. The lowest BCUT2D eigenvalue weighted by Gasteiger charge is -2.29. The molecule has 0 radical (unpaired) electrons. The summed E-state index contributed by atoms with van der Waals surface area (Å²) < 4.78 is 0. The van der Waals surface area contributed by atoms with Gasteiger partial charge in [0, 0.05) is 18.5 Å². The molecule has 0 aromatic carbocycles. The molecule has 2 heteroatoms. The first kappa shape index (κ1) is 7.84. The van der Waals surface area contributed by atoms with E-state index in [1.54, 1.807) is 0 Å². The van der Waals surface area contributed by atoms with Crippen LogP contribution >= 0.6 is 0 Å². The highest BCUT2D eigenvalue weighted by Gasteiger charge is 2.48. The summed E-state index contributed by atoms with van der Waals surface area (Å²) in [4.78, 5) is 13.5. The first-order valence-electron chi connectivity index (χ1n) is 4.65. The van der Waals surface area contributed by atoms with E-state index < -0.39 is 0 Å². The molecule has 2 fully saturated rings. The minimum atomic E-state index is 0.175. The Morgan fingerprint density at radius 2 is 2.42 bits per heavy atom. The molecule has 0 bridgehead atoms. The van der Waals surface area contributed by atoms with Crippen LogP contribution in [-0.2, 0) is 4.79 Å². The molecule has 2 aliphatic heterocycles. The maximum absolute atomic E-state index is 11.5. The summed E-state index contributed by atoms with van der Waals surface area (Å²) in [6.45, 7) is 6.95. The van der Waals surface area contributed by atoms with Crippen molar-refractivity contribution < 1.29 is 4.79 Å². The molecule has 0 aromatic rings. The van der Waals surface area contributed by atoms with Crippen LogP contribution in [0, 0.1) is 0 Å². The van der Waals surface area contributed by atoms with Crippen LogP contribution in [0.4, 0.5) is 0 Å². The standard InChI is InChI=1S/C10H15NO/c1-3-10-5-4-9(12)11(10)7-8(2)6-10/h2-7H2,1H3. The fourth-order valence-corrected chi connectivity index (χ4v) is 2.55. The number of carbonyl (C=O) groups excluding carboxylic acids is 1. The lowest BCUT2D eigenvalue weighted by molar-refractivity contribution is -0.129. The van der Waals surface area contributed by atoms with Gasteiger partial charge in [0.1, 0.15) is 0 Å². The first-order valence-corrected chi connectivity index (χ1v) is 4.65. The molecule has 1 atom stereocenters. The van der Waals surface area contributed by atoms with Crippen molar-refractivity contribution in [1.82, 2.24) is 4.90 Å². The van der Waals surface area contributed by atoms with Gasteiger partial charge in [-0.2, -0.15) is 0 Å². The lowest BCUT2D eigenvalue weighted by Crippen LogP contribution is -2.39. The van der Waals surface area contributed by atoms with Crippen molar-refractivity contribution in [3.8, 4) is 0 Å². The fraction of sp³-hybridized carbons (Fsp3) is 0.700. The van der Waals surface area contributed by atoms with E-state index in [-0.39, 0.29) is 5.54 Å². The zero-order valence-corrected chi connectivity index (χ0v) is 7.60. The van der Waals surface area contributed by atoms with Gasteiger partial charge in [-0.05, 0) is 19.3 Å². The largest absolute Gasteiger partial charge is 0.333 e. The van der Waals surface area contributed by atoms with Crippen molar-refractivity contribution in [2.24, 2.45) is 0 Å². The van der Waals surface area contributed by atoms with Gasteiger partial charge in [0.05, 0.1) is 0 Å². The Bertz CT molecular complexity index is 246. The molecule has 2 rings (SSSR count). The topological polar surface area (TPSA) is 20.3 Å². The number of hydrogen-bond acceptors (Lipinski definition) is 1. The van der Waals surface area contributed by atoms with Gasteiger partial charge < -0.3 is 4.90 Å². The third kappa shape index (κ3) is 0.838. The molecular formula is C10H15NO. The van der Waals surface area contributed by atoms with E-state index in [1.165, 1.54) is 5.57 Å². The summed E-state index contributed by atoms with van der Waals surface area (Å²) in [7, 11) is 0. The zero-order valence-electron chi connectivity index (χ0n) is 7.60. The maximum atomic E-state index is 11.5. The van der Waals surface area contributed by atoms with Crippen molar-refractivity contribution in [2.75, 3.05) is 6.54 Å². The molecule has 2 nitrogen and oxygen atoms in total. The summed E-state index contributed by atoms with van der Waals surface area (Å²) >= 11 is 0. The third-order valence-electron chi connectivity index (χ3n) is 3.30. The average Bonchev–Trinajstić information content (AvgIpc) is 2.51. The molecule has 0 saturated carbocycles. The smallest absolute Gasteiger partial charge is 0.223 e. The molecule has 2 heterocycles. The highest BCUT2D eigenvalue weighted by Crippen LogP contribution is 2.43. The average molecular weight is 165 g/mol. The van der Waals surface area contributed by atoms with Crippen LogP contribution in [0.2, 0.25) is 0 Å². The second-order valence-corrected chi connectivity index (χ2v) is 3.98. The molecule has 1 amide bonds. The number of fused-ring (bicyclic) bond motifs is 1. The summed E-state index contributed by atoms with van der Waals surface area (Å²) in [5, 5.41) is 0. The predicted octanol–water partition coefficient (Wildman–Crippen LogP) is 1.72. The lowest BCUT2D eigenvalue weighted by atomic mass is 9.90. The summed E-state index contributed by atoms with van der Waals surface area (Å²) in [6.07, 6.45) is 3.91. The van der Waals surface area contributed by atoms with E-state index in [0.717, 1.165) is 32.2 Å². The van der Waals surface area contributed by atoms with Crippen molar-refractivity contribution >= 4 is 5.91 Å². The van der Waals surface area contributed by atoms with Crippen LogP contribution in [0.15, 0.2) is 12.2 Å². The van der Waals surface area contributed by atoms with Crippen molar-refractivity contribution in [3.63, 3.8) is 0 Å². The van der Waals surface area contributed by atoms with Gasteiger partial charge in [0.2, 0.25) is 5.91 Å². The maximum Gasteiger partial charge on any atom is 0.223 e. The van der Waals surface area contributed by atoms with Gasteiger partial charge in [-0.1, -0.05) is 19.1 Å². The van der Waals surface area contributed by atoms with Crippen LogP contribution in [0.3, 0.4) is 0 Å². The molecule has 0 aliphatic carbocycles. The van der Waals surface area contributed by atoms with E-state index in [2.05, 4.69) is 13.5 Å². The van der Waals surface area contributed by atoms with Gasteiger partial charge in [-0.3, -0.25) is 4.79 Å². The SMILES string of the molecule is C=C1CN2C(=O)CCC2(CC)C1. The Labute approximate surface area is 73.2 Å². The van der Waals surface area contributed by atoms with Gasteiger partial charge >= 0.3 is 0 Å². The molecule has 2 aliphatic rings. The number of hydrogen-bond donors (Lipinski definition) is 0. The molecule has 1 unspecified atom stereocenters. The first-order chi connectivity index (χ1) is 5.68. The van der Waals surface area contributed by atoms with Crippen LogP contribution in [0.25, 0.3) is 0 Å². The van der Waals surface area contributed by atoms with Crippen molar-refractivity contribution in [1.29, 1.82) is 0 Å². The highest BCUT2D eigenvalue weighted by atomic mass is 16.2. The quantitative estimate of drug-likeness (QED) is 0.542. The number of carbonyl (C=O) groups is 1. The van der Waals surface area contributed by atoms with Gasteiger partial charge in [0.25, 0.3) is 0 Å². The number of nitrogens with zero attached hydrogens (tertiary/aromatic N) is 1. The van der Waals surface area contributed by atoms with Gasteiger partial charge in [-0.15, -0.1) is 0 Å². The summed E-state index contributed by atoms with van der Waals surface area (Å²) in [5.74, 6) is 0.329. The van der Waals surface area contributed by atoms with E-state index >= 15 is 0 Å². The van der Waals surface area contributed by atoms with E-state index in [0.29, 0.717) is 5.91 Å². The predicted molar refractivity (Wildman–Crippen MR) is 47.7 cm³/mol. The number of rotatable bonds is 1. The zero-order chi connectivity index (χ0) is 8.77. The van der Waals surface area contributed by atoms with E-state index in [9.17, 15) is 4.79 Å². The van der Waals surface area contributed by atoms with Crippen LogP contribution < -0.4 is 0 Å². The molecule has 0 N–H and O–H groups in total. The second-order valence-electron chi connectivity index (χ2n) is 3.98. The Morgan fingerprint density at radius 3 is 3.00 bits per heavy atom. The van der Waals surface area contributed by atoms with Crippen molar-refractivity contribution in [2.45, 2.75) is 38.1 Å². The second kappa shape index (κ2) is 2.35. The summed E-state index contributed by atoms with van der Waals surface area (Å²) in [5.41, 5.74) is 1.40. The molecule has 66 valence electrons. The van der Waals surface area contributed by atoms with Crippen LogP contribution in [0.5, 0.6) is 0 Å². The highest BCUT2D eigenvalue weighted by molar-refractivity contribution is 5.80.